The number of benzene rings is 2. The summed E-state index contributed by atoms with van der Waals surface area (Å²) in [6.07, 6.45) is 0. The Hall–Kier alpha value is -1.82. The second-order valence-corrected chi connectivity index (χ2v) is 7.22. The van der Waals surface area contributed by atoms with Gasteiger partial charge in [-0.25, -0.2) is 9.29 Å². The normalized spacial score (nSPS) is 14.6. The van der Waals surface area contributed by atoms with Gasteiger partial charge in [-0.2, -0.15) is 0 Å². The fourth-order valence-electron chi connectivity index (χ4n) is 2.54. The fourth-order valence-corrected chi connectivity index (χ4v) is 3.78. The van der Waals surface area contributed by atoms with E-state index in [0.717, 1.165) is 4.90 Å². The van der Waals surface area contributed by atoms with E-state index in [2.05, 4.69) is 0 Å². The summed E-state index contributed by atoms with van der Waals surface area (Å²) in [5.74, 6) is -0.770. The number of amides is 2. The van der Waals surface area contributed by atoms with Crippen molar-refractivity contribution >= 4 is 58.0 Å². The minimum atomic E-state index is -0.503. The lowest BCUT2D eigenvalue weighted by atomic mass is 10.1. The quantitative estimate of drug-likeness (QED) is 0.670. The maximum absolute atomic E-state index is 13.2. The molecule has 3 rings (SSSR count). The first-order chi connectivity index (χ1) is 12.0. The van der Waals surface area contributed by atoms with Gasteiger partial charge in [0, 0.05) is 0 Å². The molecule has 2 aromatic rings. The van der Waals surface area contributed by atoms with E-state index in [0.29, 0.717) is 16.2 Å². The van der Waals surface area contributed by atoms with Crippen LogP contribution in [-0.4, -0.2) is 17.6 Å². The van der Waals surface area contributed by atoms with Crippen LogP contribution in [0.2, 0.25) is 10.0 Å². The van der Waals surface area contributed by atoms with E-state index in [9.17, 15) is 14.0 Å². The third kappa shape index (κ3) is 3.19. The maximum Gasteiger partial charge on any atom is 0.272 e. The van der Waals surface area contributed by atoms with Crippen molar-refractivity contribution in [2.24, 2.45) is 0 Å². The molecule has 0 fully saturated rings. The van der Waals surface area contributed by atoms with Crippen LogP contribution in [0.3, 0.4) is 0 Å². The zero-order chi connectivity index (χ0) is 18.1. The minimum absolute atomic E-state index is 0.132. The van der Waals surface area contributed by atoms with Gasteiger partial charge in [0.15, 0.2) is 0 Å². The molecule has 128 valence electrons. The Balaban J connectivity index is 2.13. The summed E-state index contributed by atoms with van der Waals surface area (Å²) in [6.45, 7) is 1.88. The number of rotatable bonds is 4. The van der Waals surface area contributed by atoms with Crippen LogP contribution in [0.1, 0.15) is 12.5 Å². The molecule has 0 spiro atoms. The third-order valence-electron chi connectivity index (χ3n) is 3.64. The van der Waals surface area contributed by atoms with E-state index in [1.807, 2.05) is 6.92 Å². The number of carbonyl (C=O) groups excluding carboxylic acids is 2. The summed E-state index contributed by atoms with van der Waals surface area (Å²) in [5.41, 5.74) is 0.958. The lowest BCUT2D eigenvalue weighted by molar-refractivity contribution is -0.119. The number of hydrogen-bond donors (Lipinski definition) is 0. The van der Waals surface area contributed by atoms with Crippen molar-refractivity contribution in [2.45, 2.75) is 6.92 Å². The highest BCUT2D eigenvalue weighted by atomic mass is 35.5. The lowest BCUT2D eigenvalue weighted by Gasteiger charge is -2.17. The standard InChI is InChI=1S/C18H12Cl2FNO2S/c1-2-25-16-14(10-6-8-11(21)9-7-10)17(23)22(18(16)24)13-5-3-4-12(19)15(13)20/h3-9H,2H2,1H3. The van der Waals surface area contributed by atoms with Gasteiger partial charge in [0.1, 0.15) is 5.82 Å². The average molecular weight is 396 g/mol. The van der Waals surface area contributed by atoms with Crippen molar-refractivity contribution in [2.75, 3.05) is 10.7 Å². The molecule has 25 heavy (non-hydrogen) atoms. The van der Waals surface area contributed by atoms with Gasteiger partial charge in [0.05, 0.1) is 26.2 Å². The van der Waals surface area contributed by atoms with Gasteiger partial charge in [-0.3, -0.25) is 9.59 Å². The first kappa shape index (κ1) is 18.0. The van der Waals surface area contributed by atoms with E-state index < -0.39 is 17.6 Å². The average Bonchev–Trinajstić information content (AvgIpc) is 2.83. The number of hydrogen-bond acceptors (Lipinski definition) is 3. The SMILES string of the molecule is CCSC1=C(c2ccc(F)cc2)C(=O)N(c2cccc(Cl)c2Cl)C1=O. The zero-order valence-electron chi connectivity index (χ0n) is 13.1. The van der Waals surface area contributed by atoms with Crippen LogP contribution in [0.4, 0.5) is 10.1 Å². The van der Waals surface area contributed by atoms with Crippen molar-refractivity contribution in [3.05, 3.63) is 68.8 Å². The van der Waals surface area contributed by atoms with Gasteiger partial charge >= 0.3 is 0 Å². The number of imide groups is 1. The Labute approximate surface area is 158 Å². The Morgan fingerprint density at radius 2 is 1.72 bits per heavy atom. The molecular weight excluding hydrogens is 384 g/mol. The van der Waals surface area contributed by atoms with Gasteiger partial charge in [0.25, 0.3) is 11.8 Å². The molecule has 2 amide bonds. The van der Waals surface area contributed by atoms with Crippen LogP contribution in [0.25, 0.3) is 5.57 Å². The second-order valence-electron chi connectivity index (χ2n) is 5.16. The van der Waals surface area contributed by atoms with Crippen LogP contribution >= 0.6 is 35.0 Å². The van der Waals surface area contributed by atoms with E-state index >= 15 is 0 Å². The molecule has 7 heteroatoms. The Morgan fingerprint density at radius 3 is 2.36 bits per heavy atom. The van der Waals surface area contributed by atoms with Crippen LogP contribution < -0.4 is 4.90 Å². The Bertz CT molecular complexity index is 896. The van der Waals surface area contributed by atoms with E-state index in [1.165, 1.54) is 36.0 Å². The summed E-state index contributed by atoms with van der Waals surface area (Å²) in [7, 11) is 0. The molecule has 3 nitrogen and oxygen atoms in total. The molecule has 2 aromatic carbocycles. The molecule has 0 aliphatic carbocycles. The highest BCUT2D eigenvalue weighted by molar-refractivity contribution is 8.04. The highest BCUT2D eigenvalue weighted by Gasteiger charge is 2.40. The van der Waals surface area contributed by atoms with Gasteiger partial charge in [-0.15, -0.1) is 11.8 Å². The molecule has 1 aliphatic rings. The summed E-state index contributed by atoms with van der Waals surface area (Å²) in [5, 5.41) is 0.381. The first-order valence-corrected chi connectivity index (χ1v) is 9.15. The van der Waals surface area contributed by atoms with Crippen LogP contribution in [0.5, 0.6) is 0 Å². The lowest BCUT2D eigenvalue weighted by Crippen LogP contribution is -2.31. The minimum Gasteiger partial charge on any atom is -0.268 e. The molecular formula is C18H12Cl2FNO2S. The van der Waals surface area contributed by atoms with E-state index in [4.69, 9.17) is 23.2 Å². The number of anilines is 1. The molecule has 0 N–H and O–H groups in total. The largest absolute Gasteiger partial charge is 0.272 e. The zero-order valence-corrected chi connectivity index (χ0v) is 15.4. The number of carbonyl (C=O) groups is 2. The first-order valence-electron chi connectivity index (χ1n) is 7.41. The molecule has 0 aromatic heterocycles. The smallest absolute Gasteiger partial charge is 0.268 e. The number of thioether (sulfide) groups is 1. The molecule has 0 saturated carbocycles. The predicted octanol–water partition coefficient (Wildman–Crippen LogP) is 5.17. The topological polar surface area (TPSA) is 37.4 Å². The van der Waals surface area contributed by atoms with Gasteiger partial charge < -0.3 is 0 Å². The highest BCUT2D eigenvalue weighted by Crippen LogP contribution is 2.41. The predicted molar refractivity (Wildman–Crippen MR) is 100 cm³/mol. The second kappa shape index (κ2) is 7.20. The van der Waals surface area contributed by atoms with Gasteiger partial charge in [-0.1, -0.05) is 48.3 Å². The molecule has 0 unspecified atom stereocenters. The summed E-state index contributed by atoms with van der Waals surface area (Å²) >= 11 is 13.5. The van der Waals surface area contributed by atoms with E-state index in [1.54, 1.807) is 18.2 Å². The van der Waals surface area contributed by atoms with Crippen molar-refractivity contribution in [3.8, 4) is 0 Å². The van der Waals surface area contributed by atoms with Gasteiger partial charge in [0.2, 0.25) is 0 Å². The van der Waals surface area contributed by atoms with Gasteiger partial charge in [-0.05, 0) is 35.6 Å². The van der Waals surface area contributed by atoms with Crippen LogP contribution in [0, 0.1) is 5.82 Å². The van der Waals surface area contributed by atoms with Crippen LogP contribution in [-0.2, 0) is 9.59 Å². The van der Waals surface area contributed by atoms with Crippen LogP contribution in [0.15, 0.2) is 47.4 Å². The van der Waals surface area contributed by atoms with Crippen molar-refractivity contribution in [1.82, 2.24) is 0 Å². The Morgan fingerprint density at radius 1 is 1.04 bits per heavy atom. The molecule has 0 radical (unpaired) electrons. The van der Waals surface area contributed by atoms with Crippen molar-refractivity contribution in [1.29, 1.82) is 0 Å². The molecule has 1 heterocycles. The maximum atomic E-state index is 13.2. The van der Waals surface area contributed by atoms with E-state index in [-0.39, 0.29) is 21.3 Å². The summed E-state index contributed by atoms with van der Waals surface area (Å²) < 4.78 is 13.2. The molecule has 0 saturated heterocycles. The fraction of sp³-hybridized carbons (Fsp3) is 0.111. The summed E-state index contributed by atoms with van der Waals surface area (Å²) in [4.78, 5) is 27.2. The Kier molecular flexibility index (Phi) is 5.18. The van der Waals surface area contributed by atoms with Crippen molar-refractivity contribution < 1.29 is 14.0 Å². The monoisotopic (exact) mass is 395 g/mol. The third-order valence-corrected chi connectivity index (χ3v) is 5.40. The van der Waals surface area contributed by atoms with Crippen molar-refractivity contribution in [3.63, 3.8) is 0 Å². The molecule has 0 atom stereocenters. The molecule has 1 aliphatic heterocycles. The number of halogens is 3. The summed E-state index contributed by atoms with van der Waals surface area (Å²) in [6, 6.07) is 10.2. The number of nitrogens with zero attached hydrogens (tertiary/aromatic N) is 1. The molecule has 0 bridgehead atoms.